The van der Waals surface area contributed by atoms with Gasteiger partial charge >= 0.3 is 0 Å². The fourth-order valence-corrected chi connectivity index (χ4v) is 4.33. The van der Waals surface area contributed by atoms with Gasteiger partial charge in [0, 0.05) is 25.2 Å². The number of benzene rings is 2. The molecular weight excluding hydrogens is 448 g/mol. The molecule has 0 unspecified atom stereocenters. The Hall–Kier alpha value is -3.78. The minimum Gasteiger partial charge on any atom is -0.494 e. The number of carbonyl (C=O) groups excluding carboxylic acids is 1. The molecule has 1 aromatic heterocycles. The molecule has 2 aromatic carbocycles. The van der Waals surface area contributed by atoms with E-state index in [4.69, 9.17) is 17.2 Å². The van der Waals surface area contributed by atoms with Gasteiger partial charge in [0.05, 0.1) is 17.6 Å². The summed E-state index contributed by atoms with van der Waals surface area (Å²) in [6.45, 7) is 4.95. The molecule has 7 nitrogen and oxygen atoms in total. The fraction of sp³-hybridized carbons (Fsp3) is 0.231. The van der Waals surface area contributed by atoms with Gasteiger partial charge in [-0.25, -0.2) is 4.99 Å². The van der Waals surface area contributed by atoms with Gasteiger partial charge in [-0.2, -0.15) is 0 Å². The van der Waals surface area contributed by atoms with Crippen molar-refractivity contribution in [1.29, 1.82) is 0 Å². The predicted octanol–water partition coefficient (Wildman–Crippen LogP) is 2.74. The van der Waals surface area contributed by atoms with Gasteiger partial charge in [0.1, 0.15) is 5.56 Å². The molecule has 8 heteroatoms. The second-order valence-electron chi connectivity index (χ2n) is 8.05. The Labute approximate surface area is 202 Å². The summed E-state index contributed by atoms with van der Waals surface area (Å²) in [6, 6.07) is 17.3. The third-order valence-corrected chi connectivity index (χ3v) is 6.23. The molecule has 0 saturated carbocycles. The van der Waals surface area contributed by atoms with Gasteiger partial charge in [0.25, 0.3) is 5.56 Å². The minimum absolute atomic E-state index is 0.00827. The number of allylic oxidation sites excluding steroid dienone is 1. The van der Waals surface area contributed by atoms with Crippen molar-refractivity contribution in [2.75, 3.05) is 13.1 Å². The molecule has 2 heterocycles. The van der Waals surface area contributed by atoms with Gasteiger partial charge in [-0.05, 0) is 48.8 Å². The van der Waals surface area contributed by atoms with Crippen LogP contribution in [0.3, 0.4) is 0 Å². The number of aromatic nitrogens is 2. The van der Waals surface area contributed by atoms with Crippen molar-refractivity contribution >= 4 is 29.8 Å². The number of fused-ring (bicyclic) bond motifs is 1. The van der Waals surface area contributed by atoms with E-state index >= 15 is 0 Å². The highest BCUT2D eigenvalue weighted by Crippen LogP contribution is 2.24. The lowest BCUT2D eigenvalue weighted by Gasteiger charge is -2.19. The first-order chi connectivity index (χ1) is 16.4. The molecule has 1 aliphatic rings. The van der Waals surface area contributed by atoms with Crippen LogP contribution in [0.15, 0.2) is 70.1 Å². The smallest absolute Gasteiger partial charge is 0.262 e. The van der Waals surface area contributed by atoms with Gasteiger partial charge in [-0.3, -0.25) is 19.1 Å². The monoisotopic (exact) mass is 474 g/mol. The minimum atomic E-state index is -0.483. The molecule has 1 amide bonds. The summed E-state index contributed by atoms with van der Waals surface area (Å²) in [5, 5.41) is 12.8. The summed E-state index contributed by atoms with van der Waals surface area (Å²) in [5.74, 6) is -0.205. The van der Waals surface area contributed by atoms with Crippen molar-refractivity contribution < 1.29 is 9.90 Å². The quantitative estimate of drug-likeness (QED) is 0.515. The van der Waals surface area contributed by atoms with Gasteiger partial charge in [0.2, 0.25) is 11.8 Å². The predicted molar refractivity (Wildman–Crippen MR) is 134 cm³/mol. The Morgan fingerprint density at radius 1 is 1.18 bits per heavy atom. The fourth-order valence-electron chi connectivity index (χ4n) is 4.08. The van der Waals surface area contributed by atoms with Crippen molar-refractivity contribution in [2.24, 2.45) is 4.99 Å². The van der Waals surface area contributed by atoms with Crippen LogP contribution in [0, 0.1) is 4.77 Å². The lowest BCUT2D eigenvalue weighted by molar-refractivity contribution is -0.128. The maximum Gasteiger partial charge on any atom is 0.262 e. The Bertz CT molecular complexity index is 1500. The van der Waals surface area contributed by atoms with Crippen LogP contribution in [-0.2, 0) is 11.3 Å². The number of carbonyl (C=O) groups is 1. The molecule has 174 valence electrons. The molecule has 2 N–H and O–H groups in total. The summed E-state index contributed by atoms with van der Waals surface area (Å²) in [6.07, 6.45) is 2.17. The second-order valence-corrected chi connectivity index (χ2v) is 8.44. The molecule has 34 heavy (non-hydrogen) atoms. The molecule has 0 saturated heterocycles. The highest BCUT2D eigenvalue weighted by Gasteiger charge is 2.18. The van der Waals surface area contributed by atoms with Crippen LogP contribution in [0.5, 0.6) is 5.88 Å². The molecule has 0 atom stereocenters. The van der Waals surface area contributed by atoms with E-state index in [-0.39, 0.29) is 22.1 Å². The number of aromatic amines is 1. The molecule has 0 bridgehead atoms. The van der Waals surface area contributed by atoms with Crippen LogP contribution in [0.4, 0.5) is 0 Å². The number of nitrogens with zero attached hydrogens (tertiary/aromatic N) is 3. The van der Waals surface area contributed by atoms with E-state index in [1.807, 2.05) is 61.5 Å². The average Bonchev–Trinajstić information content (AvgIpc) is 3.17. The van der Waals surface area contributed by atoms with E-state index in [0.717, 1.165) is 21.7 Å². The lowest BCUT2D eigenvalue weighted by atomic mass is 10.1. The third kappa shape index (κ3) is 4.77. The Morgan fingerprint density at radius 2 is 1.88 bits per heavy atom. The van der Waals surface area contributed by atoms with Crippen LogP contribution >= 0.6 is 12.2 Å². The van der Waals surface area contributed by atoms with Gasteiger partial charge in [0.15, 0.2) is 4.77 Å². The normalized spacial score (nSPS) is 13.6. The van der Waals surface area contributed by atoms with E-state index < -0.39 is 5.56 Å². The highest BCUT2D eigenvalue weighted by molar-refractivity contribution is 7.71. The van der Waals surface area contributed by atoms with E-state index in [0.29, 0.717) is 31.8 Å². The maximum atomic E-state index is 12.8. The van der Waals surface area contributed by atoms with Gasteiger partial charge < -0.3 is 10.0 Å². The summed E-state index contributed by atoms with van der Waals surface area (Å²) >= 11 is 5.32. The number of hydrogen-bond acceptors (Lipinski definition) is 5. The number of hydrogen-bond donors (Lipinski definition) is 2. The molecule has 0 aliphatic carbocycles. The Morgan fingerprint density at radius 3 is 2.59 bits per heavy atom. The zero-order chi connectivity index (χ0) is 24.2. The number of aromatic hydroxyl groups is 1. The number of nitrogens with one attached hydrogen (secondary N) is 1. The van der Waals surface area contributed by atoms with Crippen molar-refractivity contribution in [1.82, 2.24) is 14.5 Å². The first-order valence-corrected chi connectivity index (χ1v) is 11.5. The molecule has 3 aromatic rings. The molecule has 1 aliphatic heterocycles. The number of para-hydroxylation sites is 1. The average molecular weight is 475 g/mol. The molecule has 4 rings (SSSR count). The standard InChI is InChI=1S/C26H26N4O3S/c1-3-29(17(2)31)14-13-20-19-11-7-8-12-22(19)27-23(20)15-21-24(32)28-26(34)30(25(21)33)16-18-9-5-4-6-10-18/h4-12,15,33H,3,13-14,16H2,1-2H3,(H,28,32,34)/b23-15-. The maximum absolute atomic E-state index is 12.8. The molecule has 0 fully saturated rings. The van der Waals surface area contributed by atoms with E-state index in [1.165, 1.54) is 4.57 Å². The van der Waals surface area contributed by atoms with Crippen molar-refractivity contribution in [2.45, 2.75) is 26.8 Å². The third-order valence-electron chi connectivity index (χ3n) is 5.91. The topological polar surface area (TPSA) is 90.7 Å². The van der Waals surface area contributed by atoms with Crippen LogP contribution in [0.1, 0.15) is 31.4 Å². The Kier molecular flexibility index (Phi) is 6.88. The van der Waals surface area contributed by atoms with Crippen LogP contribution in [0.2, 0.25) is 0 Å². The van der Waals surface area contributed by atoms with Gasteiger partial charge in [-0.15, -0.1) is 0 Å². The largest absolute Gasteiger partial charge is 0.494 e. The first kappa shape index (κ1) is 23.4. The van der Waals surface area contributed by atoms with E-state index in [9.17, 15) is 14.7 Å². The summed E-state index contributed by atoms with van der Waals surface area (Å²) in [7, 11) is 0. The second kappa shape index (κ2) is 10.0. The van der Waals surface area contributed by atoms with E-state index in [2.05, 4.69) is 4.98 Å². The van der Waals surface area contributed by atoms with Crippen LogP contribution < -0.4 is 16.1 Å². The number of rotatable bonds is 7. The zero-order valence-electron chi connectivity index (χ0n) is 19.1. The first-order valence-electron chi connectivity index (χ1n) is 11.1. The van der Waals surface area contributed by atoms with Crippen LogP contribution in [-0.4, -0.2) is 38.6 Å². The number of amides is 1. The van der Waals surface area contributed by atoms with Crippen LogP contribution in [0.25, 0.3) is 11.6 Å². The molecule has 0 spiro atoms. The van der Waals surface area contributed by atoms with E-state index in [1.54, 1.807) is 17.9 Å². The summed E-state index contributed by atoms with van der Waals surface area (Å²) in [5.41, 5.74) is 2.06. The molecule has 0 radical (unpaired) electrons. The SMILES string of the molecule is CCN(CCC1=c2ccccc2=N/C1=C\c1c(O)n(Cc2ccccc2)c(=S)[nH]c1=O)C(C)=O. The van der Waals surface area contributed by atoms with Crippen molar-refractivity contribution in [3.63, 3.8) is 0 Å². The summed E-state index contributed by atoms with van der Waals surface area (Å²) < 4.78 is 1.64. The van der Waals surface area contributed by atoms with Gasteiger partial charge in [-0.1, -0.05) is 48.5 Å². The van der Waals surface area contributed by atoms with Crippen molar-refractivity contribution in [3.05, 3.63) is 97.1 Å². The number of H-pyrrole nitrogens is 1. The zero-order valence-corrected chi connectivity index (χ0v) is 19.9. The lowest BCUT2D eigenvalue weighted by Crippen LogP contribution is -2.30. The Balaban J connectivity index is 1.79. The molecular formula is C26H26N4O3S. The summed E-state index contributed by atoms with van der Waals surface area (Å²) in [4.78, 5) is 33.8. The highest BCUT2D eigenvalue weighted by atomic mass is 32.1. The van der Waals surface area contributed by atoms with Crippen molar-refractivity contribution in [3.8, 4) is 5.88 Å².